The molecule has 0 fully saturated rings. The van der Waals surface area contributed by atoms with Gasteiger partial charge < -0.3 is 9.84 Å². The van der Waals surface area contributed by atoms with Gasteiger partial charge in [0.2, 0.25) is 5.88 Å². The molecule has 4 nitrogen and oxygen atoms in total. The lowest BCUT2D eigenvalue weighted by molar-refractivity contribution is 0.0691. The highest BCUT2D eigenvalue weighted by Gasteiger charge is 2.20. The Labute approximate surface area is 97.4 Å². The summed E-state index contributed by atoms with van der Waals surface area (Å²) in [6.07, 6.45) is -2.76. The van der Waals surface area contributed by atoms with Crippen LogP contribution in [-0.2, 0) is 0 Å². The molecule has 1 N–H and O–H groups in total. The zero-order valence-electron chi connectivity index (χ0n) is 7.50. The normalized spacial score (nSPS) is 10.5. The monoisotopic (exact) mass is 329 g/mol. The van der Waals surface area contributed by atoms with Gasteiger partial charge in [0.05, 0.1) is 12.7 Å². The van der Waals surface area contributed by atoms with Crippen LogP contribution in [0.15, 0.2) is 6.07 Å². The minimum atomic E-state index is -2.76. The molecule has 0 aliphatic carbocycles. The Hall–Kier alpha value is -0.990. The van der Waals surface area contributed by atoms with Gasteiger partial charge in [-0.05, 0) is 28.7 Å². The number of carboxylic acids is 1. The fraction of sp³-hybridized carbons (Fsp3) is 0.250. The first kappa shape index (κ1) is 12.1. The number of methoxy groups -OCH3 is 1. The van der Waals surface area contributed by atoms with Crippen molar-refractivity contribution >= 4 is 28.6 Å². The van der Waals surface area contributed by atoms with E-state index in [0.29, 0.717) is 0 Å². The zero-order valence-corrected chi connectivity index (χ0v) is 9.66. The summed E-state index contributed by atoms with van der Waals surface area (Å²) in [5.74, 6) is -1.52. The number of alkyl halides is 2. The molecule has 1 aromatic rings. The third-order valence-corrected chi connectivity index (χ3v) is 2.49. The van der Waals surface area contributed by atoms with E-state index >= 15 is 0 Å². The van der Waals surface area contributed by atoms with Crippen LogP contribution in [0, 0.1) is 3.70 Å². The lowest BCUT2D eigenvalue weighted by atomic mass is 10.2. The standard InChI is InChI=1S/C8H6F2INO3/c1-15-7-4(8(13)14)2-3(5(9)10)6(11)12-7/h2,5H,1H3,(H,13,14). The maximum Gasteiger partial charge on any atom is 0.341 e. The minimum Gasteiger partial charge on any atom is -0.480 e. The van der Waals surface area contributed by atoms with Crippen molar-refractivity contribution in [3.05, 3.63) is 20.9 Å². The van der Waals surface area contributed by atoms with Crippen LogP contribution in [0.25, 0.3) is 0 Å². The summed E-state index contributed by atoms with van der Waals surface area (Å²) in [5, 5.41) is 8.73. The summed E-state index contributed by atoms with van der Waals surface area (Å²) >= 11 is 1.60. The molecular weight excluding hydrogens is 323 g/mol. The molecular formula is C8H6F2INO3. The van der Waals surface area contributed by atoms with Gasteiger partial charge in [-0.2, -0.15) is 0 Å². The van der Waals surface area contributed by atoms with Crippen molar-refractivity contribution in [2.24, 2.45) is 0 Å². The summed E-state index contributed by atoms with van der Waals surface area (Å²) in [6, 6.07) is 0.876. The highest BCUT2D eigenvalue weighted by molar-refractivity contribution is 14.1. The quantitative estimate of drug-likeness (QED) is 0.683. The molecule has 0 unspecified atom stereocenters. The number of rotatable bonds is 3. The first-order valence-electron chi connectivity index (χ1n) is 3.73. The van der Waals surface area contributed by atoms with Gasteiger partial charge in [-0.15, -0.1) is 0 Å². The molecule has 1 heterocycles. The van der Waals surface area contributed by atoms with Gasteiger partial charge in [-0.1, -0.05) is 0 Å². The second-order valence-corrected chi connectivity index (χ2v) is 3.55. The van der Waals surface area contributed by atoms with E-state index in [1.165, 1.54) is 7.11 Å². The number of carboxylic acid groups (broad SMARTS) is 1. The number of hydrogen-bond acceptors (Lipinski definition) is 3. The second-order valence-electron chi connectivity index (χ2n) is 2.53. The Kier molecular flexibility index (Phi) is 3.77. The average Bonchev–Trinajstić information content (AvgIpc) is 2.16. The van der Waals surface area contributed by atoms with Crippen LogP contribution in [0.1, 0.15) is 22.3 Å². The van der Waals surface area contributed by atoms with Gasteiger partial charge in [-0.25, -0.2) is 18.6 Å². The molecule has 7 heteroatoms. The molecule has 15 heavy (non-hydrogen) atoms. The van der Waals surface area contributed by atoms with Crippen LogP contribution in [0.5, 0.6) is 5.88 Å². The third kappa shape index (κ3) is 2.52. The van der Waals surface area contributed by atoms with Crippen LogP contribution in [0.3, 0.4) is 0 Å². The van der Waals surface area contributed by atoms with E-state index in [9.17, 15) is 13.6 Å². The fourth-order valence-corrected chi connectivity index (χ4v) is 1.56. The second kappa shape index (κ2) is 4.69. The number of halogens is 3. The molecule has 0 saturated heterocycles. The van der Waals surface area contributed by atoms with E-state index in [-0.39, 0.29) is 15.1 Å². The van der Waals surface area contributed by atoms with E-state index in [2.05, 4.69) is 9.72 Å². The number of carbonyl (C=O) groups is 1. The van der Waals surface area contributed by atoms with Crippen LogP contribution in [-0.4, -0.2) is 23.2 Å². The van der Waals surface area contributed by atoms with Crippen molar-refractivity contribution in [2.45, 2.75) is 6.43 Å². The van der Waals surface area contributed by atoms with Crippen molar-refractivity contribution in [1.82, 2.24) is 4.98 Å². The summed E-state index contributed by atoms with van der Waals surface area (Å²) in [5.41, 5.74) is -0.776. The first-order chi connectivity index (χ1) is 6.97. The predicted octanol–water partition coefficient (Wildman–Crippen LogP) is 2.33. The van der Waals surface area contributed by atoms with Crippen LogP contribution in [0.2, 0.25) is 0 Å². The molecule has 0 saturated carbocycles. The van der Waals surface area contributed by atoms with E-state index in [4.69, 9.17) is 5.11 Å². The number of pyridine rings is 1. The van der Waals surface area contributed by atoms with Gasteiger partial charge in [0, 0.05) is 0 Å². The molecule has 0 atom stereocenters. The molecule has 1 aromatic heterocycles. The van der Waals surface area contributed by atoms with Gasteiger partial charge in [0.15, 0.2) is 0 Å². The summed E-state index contributed by atoms with van der Waals surface area (Å²) < 4.78 is 29.6. The Morgan fingerprint density at radius 1 is 1.67 bits per heavy atom. The average molecular weight is 329 g/mol. The van der Waals surface area contributed by atoms with E-state index < -0.39 is 18.0 Å². The van der Waals surface area contributed by atoms with E-state index in [1.54, 1.807) is 22.6 Å². The number of aromatic nitrogens is 1. The molecule has 0 radical (unpaired) electrons. The molecule has 0 bridgehead atoms. The van der Waals surface area contributed by atoms with Crippen molar-refractivity contribution in [2.75, 3.05) is 7.11 Å². The SMILES string of the molecule is COc1nc(I)c(C(F)F)cc1C(=O)O. The van der Waals surface area contributed by atoms with Crippen LogP contribution >= 0.6 is 22.6 Å². The Morgan fingerprint density at radius 2 is 2.27 bits per heavy atom. The van der Waals surface area contributed by atoms with Gasteiger partial charge >= 0.3 is 5.97 Å². The smallest absolute Gasteiger partial charge is 0.341 e. The lowest BCUT2D eigenvalue weighted by Crippen LogP contribution is -2.06. The highest BCUT2D eigenvalue weighted by Crippen LogP contribution is 2.28. The Morgan fingerprint density at radius 3 is 2.67 bits per heavy atom. The van der Waals surface area contributed by atoms with Gasteiger partial charge in [0.1, 0.15) is 9.26 Å². The minimum absolute atomic E-state index is 0.0319. The molecule has 1 rings (SSSR count). The third-order valence-electron chi connectivity index (χ3n) is 1.63. The summed E-state index contributed by atoms with van der Waals surface area (Å²) in [6.45, 7) is 0. The summed E-state index contributed by atoms with van der Waals surface area (Å²) in [7, 11) is 1.23. The maximum atomic E-state index is 12.4. The highest BCUT2D eigenvalue weighted by atomic mass is 127. The Balaban J connectivity index is 3.37. The number of hydrogen-bond donors (Lipinski definition) is 1. The van der Waals surface area contributed by atoms with Crippen molar-refractivity contribution in [1.29, 1.82) is 0 Å². The molecule has 0 amide bonds. The molecule has 0 aromatic carbocycles. The lowest BCUT2D eigenvalue weighted by Gasteiger charge is -2.08. The van der Waals surface area contributed by atoms with Gasteiger partial charge in [-0.3, -0.25) is 0 Å². The van der Waals surface area contributed by atoms with Crippen molar-refractivity contribution < 1.29 is 23.4 Å². The van der Waals surface area contributed by atoms with Crippen LogP contribution < -0.4 is 4.74 Å². The zero-order chi connectivity index (χ0) is 11.6. The molecule has 0 spiro atoms. The number of ether oxygens (including phenoxy) is 1. The summed E-state index contributed by atoms with van der Waals surface area (Å²) in [4.78, 5) is 14.3. The largest absolute Gasteiger partial charge is 0.480 e. The number of nitrogens with zero attached hydrogens (tertiary/aromatic N) is 1. The van der Waals surface area contributed by atoms with E-state index in [0.717, 1.165) is 6.07 Å². The van der Waals surface area contributed by atoms with Crippen molar-refractivity contribution in [3.63, 3.8) is 0 Å². The predicted molar refractivity (Wildman–Crippen MR) is 55.4 cm³/mol. The molecule has 82 valence electrons. The molecule has 0 aliphatic rings. The van der Waals surface area contributed by atoms with Gasteiger partial charge in [0.25, 0.3) is 6.43 Å². The fourth-order valence-electron chi connectivity index (χ4n) is 0.953. The number of aromatic carboxylic acids is 1. The van der Waals surface area contributed by atoms with Crippen molar-refractivity contribution in [3.8, 4) is 5.88 Å². The maximum absolute atomic E-state index is 12.4. The van der Waals surface area contributed by atoms with Crippen LogP contribution in [0.4, 0.5) is 8.78 Å². The molecule has 0 aliphatic heterocycles. The Bertz CT molecular complexity index is 398. The topological polar surface area (TPSA) is 59.4 Å². The van der Waals surface area contributed by atoms with E-state index in [1.807, 2.05) is 0 Å². The first-order valence-corrected chi connectivity index (χ1v) is 4.81.